The summed E-state index contributed by atoms with van der Waals surface area (Å²) in [5.74, 6) is -1.49. The summed E-state index contributed by atoms with van der Waals surface area (Å²) in [4.78, 5) is 27.7. The van der Waals surface area contributed by atoms with E-state index in [-0.39, 0.29) is 22.9 Å². The number of carbonyl (C=O) groups excluding carboxylic acids is 2. The van der Waals surface area contributed by atoms with Gasteiger partial charge in [-0.1, -0.05) is 56.6 Å². The fourth-order valence-electron chi connectivity index (χ4n) is 4.35. The number of likely N-dealkylation sites (tertiary alicyclic amines) is 1. The molecule has 0 saturated carbocycles. The molecule has 168 valence electrons. The maximum Gasteiger partial charge on any atom is 0.295 e. The Morgan fingerprint density at radius 3 is 2.31 bits per heavy atom. The summed E-state index contributed by atoms with van der Waals surface area (Å²) in [6.07, 6.45) is 1.67. The van der Waals surface area contributed by atoms with Crippen LogP contribution < -0.4 is 0 Å². The van der Waals surface area contributed by atoms with E-state index in [9.17, 15) is 14.7 Å². The highest BCUT2D eigenvalue weighted by atomic mass is 35.5. The van der Waals surface area contributed by atoms with Crippen molar-refractivity contribution < 1.29 is 19.4 Å². The summed E-state index contributed by atoms with van der Waals surface area (Å²) in [5.41, 5.74) is 2.45. The Bertz CT molecular complexity index is 1040. The number of aliphatic hydroxyl groups is 1. The first-order chi connectivity index (χ1) is 15.2. The smallest absolute Gasteiger partial charge is 0.295 e. The van der Waals surface area contributed by atoms with Gasteiger partial charge in [0.05, 0.1) is 17.7 Å². The third kappa shape index (κ3) is 4.32. The molecule has 2 saturated heterocycles. The van der Waals surface area contributed by atoms with Crippen molar-refractivity contribution in [3.63, 3.8) is 0 Å². The van der Waals surface area contributed by atoms with Crippen LogP contribution in [0.25, 0.3) is 5.76 Å². The maximum atomic E-state index is 13.1. The van der Waals surface area contributed by atoms with Crippen LogP contribution in [0.4, 0.5) is 0 Å². The number of ether oxygens (including phenoxy) is 1. The Labute approximate surface area is 193 Å². The average molecular weight is 454 g/mol. The highest BCUT2D eigenvalue weighted by Crippen LogP contribution is 2.40. The monoisotopic (exact) mass is 453 g/mol. The van der Waals surface area contributed by atoms with E-state index >= 15 is 0 Å². The first-order valence-electron chi connectivity index (χ1n) is 10.9. The molecule has 5 nitrogen and oxygen atoms in total. The van der Waals surface area contributed by atoms with E-state index in [0.29, 0.717) is 23.7 Å². The number of hydrogen-bond donors (Lipinski definition) is 1. The van der Waals surface area contributed by atoms with Crippen LogP contribution in [0.2, 0.25) is 5.02 Å². The van der Waals surface area contributed by atoms with Crippen molar-refractivity contribution in [3.05, 3.63) is 75.8 Å². The predicted molar refractivity (Wildman–Crippen MR) is 125 cm³/mol. The second-order valence-electron chi connectivity index (χ2n) is 9.47. The molecule has 0 aromatic heterocycles. The lowest BCUT2D eigenvalue weighted by molar-refractivity contribution is -0.140. The summed E-state index contributed by atoms with van der Waals surface area (Å²) in [7, 11) is 0. The lowest BCUT2D eigenvalue weighted by atomic mass is 9.85. The largest absolute Gasteiger partial charge is 0.507 e. The normalized spacial score (nSPS) is 23.2. The number of Topliss-reactive ketones (excluding diaryl/α,β-unsaturated/α-hetero) is 1. The van der Waals surface area contributed by atoms with Gasteiger partial charge >= 0.3 is 0 Å². The number of ketones is 1. The minimum atomic E-state index is -0.680. The van der Waals surface area contributed by atoms with Crippen LogP contribution in [-0.4, -0.2) is 41.0 Å². The van der Waals surface area contributed by atoms with Crippen molar-refractivity contribution >= 4 is 29.1 Å². The molecule has 4 rings (SSSR count). The molecule has 2 aliphatic rings. The molecule has 32 heavy (non-hydrogen) atoms. The molecule has 1 N–H and O–H groups in total. The van der Waals surface area contributed by atoms with Gasteiger partial charge in [0.25, 0.3) is 11.7 Å². The van der Waals surface area contributed by atoms with E-state index in [4.69, 9.17) is 16.3 Å². The number of carbonyl (C=O) groups is 2. The van der Waals surface area contributed by atoms with Crippen molar-refractivity contribution in [3.8, 4) is 0 Å². The van der Waals surface area contributed by atoms with Gasteiger partial charge in [-0.3, -0.25) is 9.59 Å². The van der Waals surface area contributed by atoms with Gasteiger partial charge in [-0.15, -0.1) is 0 Å². The number of aliphatic hydroxyl groups excluding tert-OH is 1. The third-order valence-corrected chi connectivity index (χ3v) is 6.43. The Hall–Kier alpha value is -2.63. The minimum Gasteiger partial charge on any atom is -0.507 e. The van der Waals surface area contributed by atoms with Crippen LogP contribution in [0.5, 0.6) is 0 Å². The molecule has 0 spiro atoms. The standard InChI is InChI=1S/C26H28ClNO4/c1-26(2,3)18-10-6-16(7-11-18)22-21(23(29)17-8-12-19(27)13-9-17)24(30)25(31)28(22)15-20-5-4-14-32-20/h6-13,20,22,29H,4-5,14-15H2,1-3H3/t20-,22+/m0/s1. The van der Waals surface area contributed by atoms with Crippen LogP contribution in [0.15, 0.2) is 54.1 Å². The van der Waals surface area contributed by atoms with Gasteiger partial charge in [0, 0.05) is 23.7 Å². The fraction of sp³-hybridized carbons (Fsp3) is 0.385. The van der Waals surface area contributed by atoms with Gasteiger partial charge in [0.2, 0.25) is 0 Å². The summed E-state index contributed by atoms with van der Waals surface area (Å²) in [6, 6.07) is 13.8. The van der Waals surface area contributed by atoms with Crippen molar-refractivity contribution in [2.75, 3.05) is 13.2 Å². The molecule has 0 bridgehead atoms. The molecule has 2 heterocycles. The second-order valence-corrected chi connectivity index (χ2v) is 9.90. The molecule has 0 radical (unpaired) electrons. The van der Waals surface area contributed by atoms with Gasteiger partial charge in [0.1, 0.15) is 5.76 Å². The summed E-state index contributed by atoms with van der Waals surface area (Å²) in [6.45, 7) is 7.36. The first kappa shape index (κ1) is 22.6. The summed E-state index contributed by atoms with van der Waals surface area (Å²) in [5, 5.41) is 11.6. The van der Waals surface area contributed by atoms with Gasteiger partial charge in [-0.25, -0.2) is 0 Å². The van der Waals surface area contributed by atoms with Gasteiger partial charge in [0.15, 0.2) is 0 Å². The third-order valence-electron chi connectivity index (χ3n) is 6.17. The van der Waals surface area contributed by atoms with Crippen LogP contribution >= 0.6 is 11.6 Å². The molecular weight excluding hydrogens is 426 g/mol. The SMILES string of the molecule is CC(C)(C)c1ccc([C@@H]2C(=C(O)c3ccc(Cl)cc3)C(=O)C(=O)N2C[C@@H]2CCCO2)cc1. The van der Waals surface area contributed by atoms with Crippen molar-refractivity contribution in [2.24, 2.45) is 0 Å². The molecule has 6 heteroatoms. The fourth-order valence-corrected chi connectivity index (χ4v) is 4.48. The van der Waals surface area contributed by atoms with Crippen LogP contribution in [0.3, 0.4) is 0 Å². The van der Waals surface area contributed by atoms with Crippen molar-refractivity contribution in [1.82, 2.24) is 4.90 Å². The number of nitrogens with zero attached hydrogens (tertiary/aromatic N) is 1. The lowest BCUT2D eigenvalue weighted by Crippen LogP contribution is -2.36. The van der Waals surface area contributed by atoms with Gasteiger partial charge in [-0.05, 0) is 53.6 Å². The molecule has 1 amide bonds. The molecule has 2 aromatic carbocycles. The van der Waals surface area contributed by atoms with Crippen LogP contribution in [-0.2, 0) is 19.7 Å². The topological polar surface area (TPSA) is 66.8 Å². The molecular formula is C26H28ClNO4. The van der Waals surface area contributed by atoms with E-state index in [2.05, 4.69) is 20.8 Å². The minimum absolute atomic E-state index is 0.0265. The molecule has 2 aliphatic heterocycles. The molecule has 2 aromatic rings. The first-order valence-corrected chi connectivity index (χ1v) is 11.3. The Balaban J connectivity index is 1.81. The summed E-state index contributed by atoms with van der Waals surface area (Å²) >= 11 is 5.98. The predicted octanol–water partition coefficient (Wildman–Crippen LogP) is 5.24. The highest BCUT2D eigenvalue weighted by Gasteiger charge is 2.47. The quantitative estimate of drug-likeness (QED) is 0.390. The Morgan fingerprint density at radius 1 is 1.09 bits per heavy atom. The van der Waals surface area contributed by atoms with Crippen LogP contribution in [0.1, 0.15) is 56.3 Å². The average Bonchev–Trinajstić information content (AvgIpc) is 3.36. The van der Waals surface area contributed by atoms with E-state index in [0.717, 1.165) is 24.0 Å². The lowest BCUT2D eigenvalue weighted by Gasteiger charge is -2.28. The van der Waals surface area contributed by atoms with Crippen molar-refractivity contribution in [1.29, 1.82) is 0 Å². The molecule has 0 unspecified atom stereocenters. The molecule has 0 aliphatic carbocycles. The van der Waals surface area contributed by atoms with E-state index in [1.54, 1.807) is 29.2 Å². The second kappa shape index (κ2) is 8.72. The van der Waals surface area contributed by atoms with E-state index in [1.165, 1.54) is 0 Å². The number of benzene rings is 2. The number of rotatable bonds is 4. The number of hydrogen-bond acceptors (Lipinski definition) is 4. The zero-order valence-corrected chi connectivity index (χ0v) is 19.4. The Morgan fingerprint density at radius 2 is 1.75 bits per heavy atom. The Kier molecular flexibility index (Phi) is 6.15. The number of halogens is 1. The van der Waals surface area contributed by atoms with E-state index in [1.807, 2.05) is 24.3 Å². The number of amides is 1. The highest BCUT2D eigenvalue weighted by molar-refractivity contribution is 6.46. The van der Waals surface area contributed by atoms with E-state index < -0.39 is 17.7 Å². The molecule has 2 atom stereocenters. The summed E-state index contributed by atoms with van der Waals surface area (Å²) < 4.78 is 5.74. The van der Waals surface area contributed by atoms with Crippen molar-refractivity contribution in [2.45, 2.75) is 51.2 Å². The maximum absolute atomic E-state index is 13.1. The zero-order valence-electron chi connectivity index (χ0n) is 18.6. The molecule has 2 fully saturated rings. The van der Waals surface area contributed by atoms with Crippen LogP contribution in [0, 0.1) is 0 Å². The van der Waals surface area contributed by atoms with Gasteiger partial charge < -0.3 is 14.7 Å². The van der Waals surface area contributed by atoms with Gasteiger partial charge in [-0.2, -0.15) is 0 Å². The zero-order chi connectivity index (χ0) is 23.0.